The first-order valence-corrected chi connectivity index (χ1v) is 9.56. The molecule has 4 atom stereocenters. The topological polar surface area (TPSA) is 26.3 Å². The molecule has 2 nitrogen and oxygen atoms in total. The minimum atomic E-state index is -0.338. The number of hydrogen-bond donors (Lipinski definition) is 0. The molecule has 126 valence electrons. The van der Waals surface area contributed by atoms with E-state index in [1.165, 1.54) is 51.4 Å². The van der Waals surface area contributed by atoms with Crippen LogP contribution in [0.4, 0.5) is 0 Å². The predicted molar refractivity (Wildman–Crippen MR) is 89.5 cm³/mol. The minimum Gasteiger partial charge on any atom is -0.465 e. The van der Waals surface area contributed by atoms with Crippen LogP contribution in [0.2, 0.25) is 0 Å². The van der Waals surface area contributed by atoms with Crippen LogP contribution in [-0.2, 0) is 9.53 Å². The highest BCUT2D eigenvalue weighted by Crippen LogP contribution is 2.70. The van der Waals surface area contributed by atoms with Crippen LogP contribution in [0.3, 0.4) is 0 Å². The molecule has 3 aliphatic rings. The molecule has 22 heavy (non-hydrogen) atoms. The molecule has 3 aliphatic carbocycles. The Balaban J connectivity index is 1.76. The van der Waals surface area contributed by atoms with Crippen LogP contribution in [-0.4, -0.2) is 12.6 Å². The normalized spacial score (nSPS) is 40.5. The number of rotatable bonds is 5. The fourth-order valence-corrected chi connectivity index (χ4v) is 6.05. The highest BCUT2D eigenvalue weighted by Gasteiger charge is 2.63. The standard InChI is InChI=1S/C20H34O2/c1-5-18(3,4)17(21)22-14-19(6-2)10-7-11-20(19)13-15-8-9-16(20)12-15/h15-16H,5-14H2,1-4H3/t15-,16+,19?,20-/m0/s1. The maximum absolute atomic E-state index is 12.5. The molecular formula is C20H34O2. The van der Waals surface area contributed by atoms with E-state index in [0.717, 1.165) is 18.3 Å². The lowest BCUT2D eigenvalue weighted by Crippen LogP contribution is -2.45. The first kappa shape index (κ1) is 16.3. The maximum Gasteiger partial charge on any atom is 0.311 e. The third-order valence-corrected chi connectivity index (χ3v) is 7.90. The van der Waals surface area contributed by atoms with Crippen molar-refractivity contribution in [2.75, 3.05) is 6.61 Å². The second kappa shape index (κ2) is 5.53. The Morgan fingerprint density at radius 2 is 2.00 bits per heavy atom. The van der Waals surface area contributed by atoms with Crippen LogP contribution in [0.15, 0.2) is 0 Å². The summed E-state index contributed by atoms with van der Waals surface area (Å²) >= 11 is 0. The monoisotopic (exact) mass is 306 g/mol. The molecule has 0 heterocycles. The average molecular weight is 306 g/mol. The van der Waals surface area contributed by atoms with Crippen molar-refractivity contribution in [3.8, 4) is 0 Å². The molecule has 1 spiro atoms. The number of carbonyl (C=O) groups excluding carboxylic acids is 1. The summed E-state index contributed by atoms with van der Waals surface area (Å²) in [5.41, 5.74) is 0.434. The van der Waals surface area contributed by atoms with Crippen molar-refractivity contribution in [1.82, 2.24) is 0 Å². The lowest BCUT2D eigenvalue weighted by molar-refractivity contribution is -0.162. The number of hydrogen-bond acceptors (Lipinski definition) is 2. The Morgan fingerprint density at radius 3 is 2.55 bits per heavy atom. The summed E-state index contributed by atoms with van der Waals surface area (Å²) in [5, 5.41) is 0. The Labute approximate surface area is 136 Å². The van der Waals surface area contributed by atoms with Gasteiger partial charge in [-0.05, 0) is 76.0 Å². The SMILES string of the molecule is CCC(C)(C)C(=O)OCC1(CC)CCC[C@@]12C[C@H]1CC[C@@H]2C1. The van der Waals surface area contributed by atoms with Gasteiger partial charge in [0.05, 0.1) is 12.0 Å². The molecule has 0 aromatic carbocycles. The van der Waals surface area contributed by atoms with E-state index in [4.69, 9.17) is 4.74 Å². The van der Waals surface area contributed by atoms with Gasteiger partial charge in [-0.25, -0.2) is 0 Å². The predicted octanol–water partition coefficient (Wildman–Crippen LogP) is 5.35. The summed E-state index contributed by atoms with van der Waals surface area (Å²) < 4.78 is 5.93. The zero-order chi connectivity index (χ0) is 16.0. The summed E-state index contributed by atoms with van der Waals surface area (Å²) in [6.45, 7) is 9.10. The second-order valence-electron chi connectivity index (χ2n) is 9.04. The number of esters is 1. The third-order valence-electron chi connectivity index (χ3n) is 7.90. The Bertz CT molecular complexity index is 441. The van der Waals surface area contributed by atoms with Gasteiger partial charge in [-0.1, -0.05) is 26.7 Å². The summed E-state index contributed by atoms with van der Waals surface area (Å²) in [6.07, 6.45) is 11.8. The van der Waals surface area contributed by atoms with Crippen molar-refractivity contribution in [3.05, 3.63) is 0 Å². The van der Waals surface area contributed by atoms with E-state index >= 15 is 0 Å². The van der Waals surface area contributed by atoms with Crippen LogP contribution in [0, 0.1) is 28.1 Å². The van der Waals surface area contributed by atoms with Gasteiger partial charge in [0.1, 0.15) is 0 Å². The fraction of sp³-hybridized carbons (Fsp3) is 0.950. The number of ether oxygens (including phenoxy) is 1. The molecule has 1 unspecified atom stereocenters. The Morgan fingerprint density at radius 1 is 1.23 bits per heavy atom. The van der Waals surface area contributed by atoms with Crippen molar-refractivity contribution in [2.24, 2.45) is 28.1 Å². The summed E-state index contributed by atoms with van der Waals surface area (Å²) in [5.74, 6) is 1.89. The van der Waals surface area contributed by atoms with E-state index in [1.807, 2.05) is 13.8 Å². The molecule has 0 radical (unpaired) electrons. The molecule has 0 amide bonds. The van der Waals surface area contributed by atoms with E-state index in [9.17, 15) is 4.79 Å². The summed E-state index contributed by atoms with van der Waals surface area (Å²) in [6, 6.07) is 0. The lowest BCUT2D eigenvalue weighted by Gasteiger charge is -2.49. The van der Waals surface area contributed by atoms with Gasteiger partial charge >= 0.3 is 5.97 Å². The summed E-state index contributed by atoms with van der Waals surface area (Å²) in [7, 11) is 0. The second-order valence-corrected chi connectivity index (χ2v) is 9.04. The van der Waals surface area contributed by atoms with Crippen molar-refractivity contribution in [2.45, 2.75) is 85.5 Å². The van der Waals surface area contributed by atoms with E-state index in [2.05, 4.69) is 13.8 Å². The van der Waals surface area contributed by atoms with Crippen molar-refractivity contribution in [1.29, 1.82) is 0 Å². The molecule has 3 saturated carbocycles. The average Bonchev–Trinajstić information content (AvgIpc) is 3.20. The van der Waals surface area contributed by atoms with Gasteiger partial charge in [0, 0.05) is 5.41 Å². The van der Waals surface area contributed by atoms with Crippen molar-refractivity contribution in [3.63, 3.8) is 0 Å². The molecule has 0 saturated heterocycles. The largest absolute Gasteiger partial charge is 0.465 e. The van der Waals surface area contributed by atoms with Gasteiger partial charge in [0.25, 0.3) is 0 Å². The molecule has 0 aromatic rings. The Hall–Kier alpha value is -0.530. The molecule has 0 N–H and O–H groups in total. The zero-order valence-electron chi connectivity index (χ0n) is 15.0. The van der Waals surface area contributed by atoms with Gasteiger partial charge in [-0.3, -0.25) is 4.79 Å². The van der Waals surface area contributed by atoms with Gasteiger partial charge < -0.3 is 4.74 Å². The lowest BCUT2D eigenvalue weighted by atomic mass is 9.57. The molecule has 3 rings (SSSR count). The van der Waals surface area contributed by atoms with Gasteiger partial charge in [0.2, 0.25) is 0 Å². The molecular weight excluding hydrogens is 272 g/mol. The number of carbonyl (C=O) groups is 1. The molecule has 2 bridgehead atoms. The van der Waals surface area contributed by atoms with Gasteiger partial charge in [0.15, 0.2) is 0 Å². The molecule has 3 fully saturated rings. The van der Waals surface area contributed by atoms with Crippen LogP contribution in [0.1, 0.15) is 85.5 Å². The first-order chi connectivity index (χ1) is 10.4. The van der Waals surface area contributed by atoms with Crippen molar-refractivity contribution >= 4 is 5.97 Å². The maximum atomic E-state index is 12.5. The van der Waals surface area contributed by atoms with Crippen molar-refractivity contribution < 1.29 is 9.53 Å². The minimum absolute atomic E-state index is 0.00744. The molecule has 0 aromatic heterocycles. The van der Waals surface area contributed by atoms with Crippen LogP contribution >= 0.6 is 0 Å². The third kappa shape index (κ3) is 2.24. The van der Waals surface area contributed by atoms with Crippen LogP contribution < -0.4 is 0 Å². The number of fused-ring (bicyclic) bond motifs is 3. The van der Waals surface area contributed by atoms with E-state index in [0.29, 0.717) is 12.0 Å². The van der Waals surface area contributed by atoms with E-state index in [1.54, 1.807) is 0 Å². The molecule has 2 heteroatoms. The van der Waals surface area contributed by atoms with E-state index in [-0.39, 0.29) is 16.8 Å². The quantitative estimate of drug-likeness (QED) is 0.640. The zero-order valence-corrected chi connectivity index (χ0v) is 15.0. The van der Waals surface area contributed by atoms with E-state index < -0.39 is 0 Å². The van der Waals surface area contributed by atoms with Crippen LogP contribution in [0.5, 0.6) is 0 Å². The highest BCUT2D eigenvalue weighted by atomic mass is 16.5. The van der Waals surface area contributed by atoms with Gasteiger partial charge in [-0.15, -0.1) is 0 Å². The Kier molecular flexibility index (Phi) is 4.10. The van der Waals surface area contributed by atoms with Crippen LogP contribution in [0.25, 0.3) is 0 Å². The fourth-order valence-electron chi connectivity index (χ4n) is 6.05. The van der Waals surface area contributed by atoms with Gasteiger partial charge in [-0.2, -0.15) is 0 Å². The first-order valence-electron chi connectivity index (χ1n) is 9.56. The molecule has 0 aliphatic heterocycles. The summed E-state index contributed by atoms with van der Waals surface area (Å²) in [4.78, 5) is 12.5. The highest BCUT2D eigenvalue weighted by molar-refractivity contribution is 5.75. The smallest absolute Gasteiger partial charge is 0.311 e.